The molecule has 0 bridgehead atoms. The molecule has 0 saturated carbocycles. The predicted molar refractivity (Wildman–Crippen MR) is 77.6 cm³/mol. The highest BCUT2D eigenvalue weighted by molar-refractivity contribution is 7.89. The zero-order valence-electron chi connectivity index (χ0n) is 11.7. The van der Waals surface area contributed by atoms with E-state index in [1.807, 2.05) is 6.07 Å². The van der Waals surface area contributed by atoms with Crippen LogP contribution in [0.1, 0.15) is 44.6 Å². The van der Waals surface area contributed by atoms with E-state index < -0.39 is 10.0 Å². The van der Waals surface area contributed by atoms with E-state index >= 15 is 0 Å². The van der Waals surface area contributed by atoms with Gasteiger partial charge in [0.1, 0.15) is 0 Å². The number of hydrogen-bond donors (Lipinski definition) is 0. The van der Waals surface area contributed by atoms with Crippen LogP contribution in [0.4, 0.5) is 0 Å². The Hall–Kier alpha value is -1.38. The Morgan fingerprint density at radius 3 is 2.60 bits per heavy atom. The summed E-state index contributed by atoms with van der Waals surface area (Å²) in [6.45, 7) is 2.69. The van der Waals surface area contributed by atoms with E-state index in [1.165, 1.54) is 12.1 Å². The minimum atomic E-state index is -3.43. The second-order valence-electron chi connectivity index (χ2n) is 5.19. The van der Waals surface area contributed by atoms with Gasteiger partial charge in [0.15, 0.2) is 0 Å². The number of rotatable bonds is 4. The fourth-order valence-electron chi connectivity index (χ4n) is 2.75. The number of nitriles is 1. The Bertz CT molecular complexity index is 585. The molecule has 1 aliphatic heterocycles. The average Bonchev–Trinajstić information content (AvgIpc) is 2.48. The van der Waals surface area contributed by atoms with Crippen LogP contribution in [0.2, 0.25) is 0 Å². The minimum Gasteiger partial charge on any atom is -0.207 e. The standard InChI is InChI=1S/C15H20N2O2S/c1-2-5-14-6-3-4-11-17(14)20(18,19)15-9-7-13(12-16)8-10-15/h7-10,14H,2-6,11H2,1H3. The summed E-state index contributed by atoms with van der Waals surface area (Å²) in [6.07, 6.45) is 4.88. The second-order valence-corrected chi connectivity index (χ2v) is 7.08. The molecule has 0 radical (unpaired) electrons. The number of hydrogen-bond acceptors (Lipinski definition) is 3. The zero-order chi connectivity index (χ0) is 14.6. The van der Waals surface area contributed by atoms with Crippen molar-refractivity contribution in [3.05, 3.63) is 29.8 Å². The van der Waals surface area contributed by atoms with E-state index in [2.05, 4.69) is 6.92 Å². The van der Waals surface area contributed by atoms with Gasteiger partial charge >= 0.3 is 0 Å². The fourth-order valence-corrected chi connectivity index (χ4v) is 4.47. The lowest BCUT2D eigenvalue weighted by atomic mass is 10.0. The summed E-state index contributed by atoms with van der Waals surface area (Å²) in [4.78, 5) is 0.291. The van der Waals surface area contributed by atoms with Crippen LogP contribution in [-0.4, -0.2) is 25.3 Å². The van der Waals surface area contributed by atoms with Crippen molar-refractivity contribution >= 4 is 10.0 Å². The van der Waals surface area contributed by atoms with Crippen LogP contribution in [0.3, 0.4) is 0 Å². The smallest absolute Gasteiger partial charge is 0.207 e. The zero-order valence-corrected chi connectivity index (χ0v) is 12.6. The van der Waals surface area contributed by atoms with Crippen molar-refractivity contribution in [1.82, 2.24) is 4.31 Å². The molecule has 1 atom stereocenters. The van der Waals surface area contributed by atoms with E-state index in [9.17, 15) is 8.42 Å². The summed E-state index contributed by atoms with van der Waals surface area (Å²) in [7, 11) is -3.43. The van der Waals surface area contributed by atoms with E-state index in [-0.39, 0.29) is 6.04 Å². The molecule has 108 valence electrons. The van der Waals surface area contributed by atoms with Crippen molar-refractivity contribution in [2.45, 2.75) is 50.0 Å². The van der Waals surface area contributed by atoms with Gasteiger partial charge in [0.25, 0.3) is 0 Å². The predicted octanol–water partition coefficient (Wildman–Crippen LogP) is 2.90. The summed E-state index contributed by atoms with van der Waals surface area (Å²) < 4.78 is 27.1. The molecule has 0 aliphatic carbocycles. The number of piperidine rings is 1. The van der Waals surface area contributed by atoms with Crippen LogP contribution >= 0.6 is 0 Å². The third kappa shape index (κ3) is 3.02. The highest BCUT2D eigenvalue weighted by atomic mass is 32.2. The van der Waals surface area contributed by atoms with E-state index in [4.69, 9.17) is 5.26 Å². The van der Waals surface area contributed by atoms with Gasteiger partial charge in [-0.2, -0.15) is 9.57 Å². The van der Waals surface area contributed by atoms with Gasteiger partial charge in [0.2, 0.25) is 10.0 Å². The van der Waals surface area contributed by atoms with E-state index in [0.29, 0.717) is 17.0 Å². The molecule has 0 spiro atoms. The summed E-state index contributed by atoms with van der Waals surface area (Å²) in [6, 6.07) is 8.31. The molecule has 0 amide bonds. The van der Waals surface area contributed by atoms with Crippen LogP contribution < -0.4 is 0 Å². The third-order valence-corrected chi connectivity index (χ3v) is 5.75. The monoisotopic (exact) mass is 292 g/mol. The number of sulfonamides is 1. The van der Waals surface area contributed by atoms with Crippen molar-refractivity contribution in [1.29, 1.82) is 5.26 Å². The largest absolute Gasteiger partial charge is 0.243 e. The Morgan fingerprint density at radius 1 is 1.30 bits per heavy atom. The first-order valence-electron chi connectivity index (χ1n) is 7.11. The average molecular weight is 292 g/mol. The third-order valence-electron chi connectivity index (χ3n) is 3.79. The fraction of sp³-hybridized carbons (Fsp3) is 0.533. The number of nitrogens with zero attached hydrogens (tertiary/aromatic N) is 2. The molecule has 0 aromatic heterocycles. The summed E-state index contributed by atoms with van der Waals surface area (Å²) in [5, 5.41) is 8.78. The quantitative estimate of drug-likeness (QED) is 0.857. The maximum absolute atomic E-state index is 12.7. The van der Waals surface area contributed by atoms with Gasteiger partial charge in [-0.1, -0.05) is 19.8 Å². The first-order valence-corrected chi connectivity index (χ1v) is 8.55. The molecule has 1 saturated heterocycles. The van der Waals surface area contributed by atoms with Crippen LogP contribution in [0.15, 0.2) is 29.2 Å². The number of benzene rings is 1. The highest BCUT2D eigenvalue weighted by Crippen LogP contribution is 2.27. The molecule has 4 nitrogen and oxygen atoms in total. The van der Waals surface area contributed by atoms with Crippen molar-refractivity contribution < 1.29 is 8.42 Å². The first-order chi connectivity index (χ1) is 9.59. The lowest BCUT2D eigenvalue weighted by Gasteiger charge is -2.34. The molecule has 2 rings (SSSR count). The maximum Gasteiger partial charge on any atom is 0.243 e. The Labute approximate surface area is 121 Å². The summed E-state index contributed by atoms with van der Waals surface area (Å²) in [5.74, 6) is 0. The van der Waals surface area contributed by atoms with Gasteiger partial charge in [0.05, 0.1) is 16.5 Å². The maximum atomic E-state index is 12.7. The van der Waals surface area contributed by atoms with Crippen LogP contribution in [0, 0.1) is 11.3 Å². The van der Waals surface area contributed by atoms with Gasteiger partial charge in [-0.25, -0.2) is 8.42 Å². The van der Waals surface area contributed by atoms with Crippen molar-refractivity contribution in [2.75, 3.05) is 6.54 Å². The molecule has 1 unspecified atom stereocenters. The van der Waals surface area contributed by atoms with Crippen molar-refractivity contribution in [3.8, 4) is 6.07 Å². The van der Waals surface area contributed by atoms with Crippen LogP contribution in [0.25, 0.3) is 0 Å². The molecule has 1 fully saturated rings. The molecule has 1 aromatic rings. The minimum absolute atomic E-state index is 0.120. The molecule has 1 aliphatic rings. The SMILES string of the molecule is CCCC1CCCCN1S(=O)(=O)c1ccc(C#N)cc1. The van der Waals surface area contributed by atoms with Crippen molar-refractivity contribution in [2.24, 2.45) is 0 Å². The lowest BCUT2D eigenvalue weighted by molar-refractivity contribution is 0.239. The van der Waals surface area contributed by atoms with Crippen LogP contribution in [-0.2, 0) is 10.0 Å². The normalized spacial score (nSPS) is 20.5. The van der Waals surface area contributed by atoms with Crippen LogP contribution in [0.5, 0.6) is 0 Å². The molecule has 0 N–H and O–H groups in total. The highest BCUT2D eigenvalue weighted by Gasteiger charge is 2.32. The van der Waals surface area contributed by atoms with Gasteiger partial charge in [0, 0.05) is 12.6 Å². The van der Waals surface area contributed by atoms with Gasteiger partial charge in [-0.15, -0.1) is 0 Å². The van der Waals surface area contributed by atoms with Crippen molar-refractivity contribution in [3.63, 3.8) is 0 Å². The second kappa shape index (κ2) is 6.38. The summed E-state index contributed by atoms with van der Waals surface area (Å²) >= 11 is 0. The molecule has 5 heteroatoms. The van der Waals surface area contributed by atoms with Gasteiger partial charge in [-0.3, -0.25) is 0 Å². The Kier molecular flexibility index (Phi) is 4.79. The van der Waals surface area contributed by atoms with Gasteiger partial charge < -0.3 is 0 Å². The molecule has 1 aromatic carbocycles. The molecule has 1 heterocycles. The lowest BCUT2D eigenvalue weighted by Crippen LogP contribution is -2.43. The molecular weight excluding hydrogens is 272 g/mol. The first kappa shape index (κ1) is 15.0. The Morgan fingerprint density at radius 2 is 2.00 bits per heavy atom. The molecular formula is C15H20N2O2S. The topological polar surface area (TPSA) is 61.2 Å². The van der Waals surface area contributed by atoms with E-state index in [0.717, 1.165) is 32.1 Å². The van der Waals surface area contributed by atoms with E-state index in [1.54, 1.807) is 16.4 Å². The Balaban J connectivity index is 2.29. The molecule has 20 heavy (non-hydrogen) atoms. The van der Waals surface area contributed by atoms with Gasteiger partial charge in [-0.05, 0) is 43.5 Å². The summed E-state index contributed by atoms with van der Waals surface area (Å²) in [5.41, 5.74) is 0.479.